The van der Waals surface area contributed by atoms with Gasteiger partial charge in [0.2, 0.25) is 5.91 Å². The van der Waals surface area contributed by atoms with E-state index in [2.05, 4.69) is 15.6 Å². The van der Waals surface area contributed by atoms with E-state index in [0.29, 0.717) is 32.4 Å². The average Bonchev–Trinajstić information content (AvgIpc) is 3.13. The fraction of sp³-hybridized carbons (Fsp3) is 0.250. The van der Waals surface area contributed by atoms with Crippen LogP contribution in [0.4, 0.5) is 5.13 Å². The van der Waals surface area contributed by atoms with Crippen molar-refractivity contribution in [2.45, 2.75) is 11.3 Å². The van der Waals surface area contributed by atoms with E-state index >= 15 is 0 Å². The fourth-order valence-electron chi connectivity index (χ4n) is 2.70. The molecule has 0 radical (unpaired) electrons. The Kier molecular flexibility index (Phi) is 6.76. The number of aromatic nitrogens is 1. The molecule has 0 bridgehead atoms. The molecule has 0 atom stereocenters. The van der Waals surface area contributed by atoms with Gasteiger partial charge in [-0.2, -0.15) is 0 Å². The molecule has 0 saturated heterocycles. The van der Waals surface area contributed by atoms with Crippen LogP contribution in [-0.4, -0.2) is 52.2 Å². The molecular formula is C20H21N3O6S2. The summed E-state index contributed by atoms with van der Waals surface area (Å²) in [5.74, 6) is 0.276. The number of thiazole rings is 1. The molecule has 0 aliphatic heterocycles. The Balaban J connectivity index is 1.57. The molecule has 2 amide bonds. The summed E-state index contributed by atoms with van der Waals surface area (Å²) in [7, 11) is -0.343. The number of anilines is 1. The number of fused-ring (bicyclic) bond motifs is 1. The molecule has 2 aromatic carbocycles. The lowest BCUT2D eigenvalue weighted by atomic mass is 10.2. The van der Waals surface area contributed by atoms with Gasteiger partial charge in [0.15, 0.2) is 15.0 Å². The average molecular weight is 464 g/mol. The number of carbonyl (C=O) groups excluding carboxylic acids is 2. The predicted octanol–water partition coefficient (Wildman–Crippen LogP) is 2.48. The second-order valence-corrected chi connectivity index (χ2v) is 9.62. The van der Waals surface area contributed by atoms with Gasteiger partial charge in [0.05, 0.1) is 29.3 Å². The van der Waals surface area contributed by atoms with Crippen LogP contribution in [0.25, 0.3) is 10.2 Å². The maximum atomic E-state index is 12.3. The van der Waals surface area contributed by atoms with Crippen LogP contribution >= 0.6 is 11.3 Å². The topological polar surface area (TPSA) is 124 Å². The van der Waals surface area contributed by atoms with Crippen LogP contribution in [0.5, 0.6) is 11.5 Å². The van der Waals surface area contributed by atoms with Crippen molar-refractivity contribution in [3.05, 3.63) is 42.0 Å². The van der Waals surface area contributed by atoms with E-state index in [9.17, 15) is 18.0 Å². The number of hydrogen-bond donors (Lipinski definition) is 2. The number of methoxy groups -OCH3 is 2. The summed E-state index contributed by atoms with van der Waals surface area (Å²) in [5, 5.41) is 5.70. The molecule has 164 valence electrons. The van der Waals surface area contributed by atoms with E-state index in [0.717, 1.165) is 6.26 Å². The van der Waals surface area contributed by atoms with E-state index in [1.165, 1.54) is 37.7 Å². The van der Waals surface area contributed by atoms with Crippen molar-refractivity contribution in [2.75, 3.05) is 32.3 Å². The summed E-state index contributed by atoms with van der Waals surface area (Å²) < 4.78 is 34.3. The number of hydrogen-bond acceptors (Lipinski definition) is 8. The highest BCUT2D eigenvalue weighted by molar-refractivity contribution is 7.90. The predicted molar refractivity (Wildman–Crippen MR) is 118 cm³/mol. The Labute approximate surface area is 183 Å². The van der Waals surface area contributed by atoms with Crippen LogP contribution in [0, 0.1) is 0 Å². The molecule has 3 aromatic rings. The number of sulfone groups is 1. The van der Waals surface area contributed by atoms with Gasteiger partial charge in [-0.25, -0.2) is 13.4 Å². The summed E-state index contributed by atoms with van der Waals surface area (Å²) in [6, 6.07) is 9.40. The minimum absolute atomic E-state index is 0.0390. The molecule has 0 saturated carbocycles. The molecular weight excluding hydrogens is 442 g/mol. The van der Waals surface area contributed by atoms with Crippen molar-refractivity contribution in [3.63, 3.8) is 0 Å². The fourth-order valence-corrected chi connectivity index (χ4v) is 4.34. The number of rotatable bonds is 8. The quantitative estimate of drug-likeness (QED) is 0.526. The highest BCUT2D eigenvalue weighted by Gasteiger charge is 2.13. The van der Waals surface area contributed by atoms with Crippen LogP contribution in [0.3, 0.4) is 0 Å². The van der Waals surface area contributed by atoms with Gasteiger partial charge in [-0.05, 0) is 30.3 Å². The molecule has 0 unspecified atom stereocenters. The van der Waals surface area contributed by atoms with Gasteiger partial charge in [0, 0.05) is 30.9 Å². The Morgan fingerprint density at radius 2 is 1.74 bits per heavy atom. The Morgan fingerprint density at radius 3 is 2.35 bits per heavy atom. The molecule has 11 heteroatoms. The first-order chi connectivity index (χ1) is 14.7. The smallest absolute Gasteiger partial charge is 0.251 e. The van der Waals surface area contributed by atoms with E-state index in [-0.39, 0.29) is 29.7 Å². The monoisotopic (exact) mass is 463 g/mol. The third-order valence-corrected chi connectivity index (χ3v) is 6.33. The molecule has 3 rings (SSSR count). The van der Waals surface area contributed by atoms with Gasteiger partial charge in [0.1, 0.15) is 11.5 Å². The Bertz CT molecular complexity index is 1210. The first-order valence-electron chi connectivity index (χ1n) is 9.11. The van der Waals surface area contributed by atoms with Crippen molar-refractivity contribution in [3.8, 4) is 11.5 Å². The molecule has 0 aliphatic rings. The van der Waals surface area contributed by atoms with Crippen molar-refractivity contribution in [1.29, 1.82) is 0 Å². The summed E-state index contributed by atoms with van der Waals surface area (Å²) in [5.41, 5.74) is 0.942. The second kappa shape index (κ2) is 9.31. The van der Waals surface area contributed by atoms with Crippen LogP contribution in [0.2, 0.25) is 0 Å². The minimum Gasteiger partial charge on any atom is -0.497 e. The molecule has 9 nitrogen and oxygen atoms in total. The third kappa shape index (κ3) is 5.70. The Hall–Kier alpha value is -3.18. The zero-order valence-electron chi connectivity index (χ0n) is 17.1. The molecule has 0 spiro atoms. The van der Waals surface area contributed by atoms with E-state index in [1.54, 1.807) is 24.3 Å². The normalized spacial score (nSPS) is 11.2. The molecule has 2 N–H and O–H groups in total. The lowest BCUT2D eigenvalue weighted by molar-refractivity contribution is -0.116. The number of benzene rings is 2. The number of amides is 2. The largest absolute Gasteiger partial charge is 0.497 e. The number of nitrogens with zero attached hydrogens (tertiary/aromatic N) is 1. The number of carbonyl (C=O) groups is 2. The van der Waals surface area contributed by atoms with E-state index in [1.807, 2.05) is 0 Å². The summed E-state index contributed by atoms with van der Waals surface area (Å²) in [4.78, 5) is 29.0. The van der Waals surface area contributed by atoms with Crippen LogP contribution < -0.4 is 20.1 Å². The zero-order valence-corrected chi connectivity index (χ0v) is 18.7. The van der Waals surface area contributed by atoms with Crippen molar-refractivity contribution >= 4 is 48.3 Å². The SMILES string of the molecule is COc1cc(OC)cc(C(=O)NCCC(=O)Nc2nc3ccc(S(C)(=O)=O)cc3s2)c1. The third-order valence-electron chi connectivity index (χ3n) is 4.29. The van der Waals surface area contributed by atoms with Crippen LogP contribution in [0.15, 0.2) is 41.3 Å². The standard InChI is InChI=1S/C20H21N3O6S2/c1-28-13-8-12(9-14(10-13)29-2)19(25)21-7-6-18(24)23-20-22-16-5-4-15(31(3,26)27)11-17(16)30-20/h4-5,8-11H,6-7H2,1-3H3,(H,21,25)(H,22,23,24). The molecule has 0 aliphatic carbocycles. The maximum Gasteiger partial charge on any atom is 0.251 e. The van der Waals surface area contributed by atoms with Crippen LogP contribution in [-0.2, 0) is 14.6 Å². The lowest BCUT2D eigenvalue weighted by Crippen LogP contribution is -2.27. The second-order valence-electron chi connectivity index (χ2n) is 6.58. The van der Waals surface area contributed by atoms with Gasteiger partial charge in [-0.3, -0.25) is 9.59 Å². The van der Waals surface area contributed by atoms with Crippen molar-refractivity contribution in [2.24, 2.45) is 0 Å². The van der Waals surface area contributed by atoms with Crippen molar-refractivity contribution in [1.82, 2.24) is 10.3 Å². The van der Waals surface area contributed by atoms with Crippen molar-refractivity contribution < 1.29 is 27.5 Å². The Morgan fingerprint density at radius 1 is 1.06 bits per heavy atom. The van der Waals surface area contributed by atoms with Gasteiger partial charge in [-0.15, -0.1) is 0 Å². The highest BCUT2D eigenvalue weighted by Crippen LogP contribution is 2.28. The first kappa shape index (κ1) is 22.5. The summed E-state index contributed by atoms with van der Waals surface area (Å²) in [6.45, 7) is 0.118. The van der Waals surface area contributed by atoms with E-state index < -0.39 is 9.84 Å². The number of ether oxygens (including phenoxy) is 2. The van der Waals surface area contributed by atoms with Gasteiger partial charge < -0.3 is 20.1 Å². The van der Waals surface area contributed by atoms with Gasteiger partial charge >= 0.3 is 0 Å². The molecule has 31 heavy (non-hydrogen) atoms. The molecule has 1 heterocycles. The molecule has 0 fully saturated rings. The minimum atomic E-state index is -3.32. The lowest BCUT2D eigenvalue weighted by Gasteiger charge is -2.09. The maximum absolute atomic E-state index is 12.3. The van der Waals surface area contributed by atoms with Gasteiger partial charge in [0.25, 0.3) is 5.91 Å². The summed E-state index contributed by atoms with van der Waals surface area (Å²) >= 11 is 1.18. The van der Waals surface area contributed by atoms with E-state index in [4.69, 9.17) is 9.47 Å². The van der Waals surface area contributed by atoms with Gasteiger partial charge in [-0.1, -0.05) is 11.3 Å². The summed E-state index contributed by atoms with van der Waals surface area (Å²) in [6.07, 6.45) is 1.17. The van der Waals surface area contributed by atoms with Crippen LogP contribution in [0.1, 0.15) is 16.8 Å². The number of nitrogens with one attached hydrogen (secondary N) is 2. The highest BCUT2D eigenvalue weighted by atomic mass is 32.2. The zero-order chi connectivity index (χ0) is 22.6. The molecule has 1 aromatic heterocycles. The first-order valence-corrected chi connectivity index (χ1v) is 11.8.